The molecular weight excluding hydrogens is 186 g/mol. The Morgan fingerprint density at radius 2 is 2.00 bits per heavy atom. The highest BCUT2D eigenvalue weighted by Gasteiger charge is 2.02. The third kappa shape index (κ3) is 4.09. The van der Waals surface area contributed by atoms with Gasteiger partial charge in [0, 0.05) is 25.1 Å². The molecule has 0 aliphatic carbocycles. The van der Waals surface area contributed by atoms with Crippen LogP contribution in [0, 0.1) is 0 Å². The number of nitrogens with one attached hydrogen (secondary N) is 1. The summed E-state index contributed by atoms with van der Waals surface area (Å²) < 4.78 is 0. The molecule has 0 saturated carbocycles. The first-order chi connectivity index (χ1) is 7.24. The number of rotatable bonds is 6. The Morgan fingerprint density at radius 1 is 1.33 bits per heavy atom. The highest BCUT2D eigenvalue weighted by atomic mass is 16.1. The van der Waals surface area contributed by atoms with E-state index < -0.39 is 0 Å². The maximum absolute atomic E-state index is 11.2. The Balaban J connectivity index is 2.28. The van der Waals surface area contributed by atoms with Gasteiger partial charge in [-0.15, -0.1) is 0 Å². The lowest BCUT2D eigenvalue weighted by molar-refractivity contribution is -0.115. The summed E-state index contributed by atoms with van der Waals surface area (Å²) in [7, 11) is 0. The average Bonchev–Trinajstić information content (AvgIpc) is 2.29. The predicted molar refractivity (Wildman–Crippen MR) is 62.6 cm³/mol. The summed E-state index contributed by atoms with van der Waals surface area (Å²) >= 11 is 0. The second-order valence-corrected chi connectivity index (χ2v) is 3.47. The molecule has 0 fully saturated rings. The molecule has 0 saturated heterocycles. The highest BCUT2D eigenvalue weighted by Crippen LogP contribution is 1.99. The topological polar surface area (TPSA) is 29.1 Å². The van der Waals surface area contributed by atoms with Crippen LogP contribution >= 0.6 is 0 Å². The van der Waals surface area contributed by atoms with Crippen LogP contribution in [-0.2, 0) is 11.3 Å². The first kappa shape index (κ1) is 11.7. The van der Waals surface area contributed by atoms with E-state index in [1.165, 1.54) is 5.56 Å². The van der Waals surface area contributed by atoms with Crippen LogP contribution in [-0.4, -0.2) is 12.3 Å². The SMILES string of the molecule is C=C(CNCc1ccccc1)C(=O)CC. The molecule has 0 heterocycles. The van der Waals surface area contributed by atoms with E-state index in [4.69, 9.17) is 0 Å². The number of hydrogen-bond donors (Lipinski definition) is 1. The van der Waals surface area contributed by atoms with Crippen LogP contribution in [0.25, 0.3) is 0 Å². The van der Waals surface area contributed by atoms with Crippen molar-refractivity contribution >= 4 is 5.78 Å². The van der Waals surface area contributed by atoms with Crippen LogP contribution < -0.4 is 5.32 Å². The number of carbonyl (C=O) groups is 1. The van der Waals surface area contributed by atoms with Gasteiger partial charge >= 0.3 is 0 Å². The first-order valence-electron chi connectivity index (χ1n) is 5.19. The van der Waals surface area contributed by atoms with Gasteiger partial charge in [-0.3, -0.25) is 4.79 Å². The third-order valence-corrected chi connectivity index (χ3v) is 2.23. The summed E-state index contributed by atoms with van der Waals surface area (Å²) in [6.07, 6.45) is 0.534. The van der Waals surface area contributed by atoms with Crippen LogP contribution in [0.3, 0.4) is 0 Å². The van der Waals surface area contributed by atoms with E-state index in [-0.39, 0.29) is 5.78 Å². The normalized spacial score (nSPS) is 9.93. The molecule has 0 atom stereocenters. The zero-order valence-corrected chi connectivity index (χ0v) is 9.12. The molecule has 1 aromatic carbocycles. The number of benzene rings is 1. The molecule has 15 heavy (non-hydrogen) atoms. The summed E-state index contributed by atoms with van der Waals surface area (Å²) in [4.78, 5) is 11.2. The van der Waals surface area contributed by atoms with Gasteiger partial charge in [0.15, 0.2) is 5.78 Å². The molecule has 0 radical (unpaired) electrons. The average molecular weight is 203 g/mol. The highest BCUT2D eigenvalue weighted by molar-refractivity contribution is 5.94. The molecule has 80 valence electrons. The van der Waals surface area contributed by atoms with Gasteiger partial charge in [0.1, 0.15) is 0 Å². The van der Waals surface area contributed by atoms with Crippen molar-refractivity contribution in [1.29, 1.82) is 0 Å². The van der Waals surface area contributed by atoms with Crippen LogP contribution in [0.2, 0.25) is 0 Å². The summed E-state index contributed by atoms with van der Waals surface area (Å²) in [5.41, 5.74) is 1.88. The van der Waals surface area contributed by atoms with Crippen molar-refractivity contribution in [2.75, 3.05) is 6.54 Å². The van der Waals surface area contributed by atoms with E-state index in [0.29, 0.717) is 18.5 Å². The van der Waals surface area contributed by atoms with Crippen LogP contribution in [0.1, 0.15) is 18.9 Å². The van der Waals surface area contributed by atoms with Crippen molar-refractivity contribution in [3.63, 3.8) is 0 Å². The zero-order chi connectivity index (χ0) is 11.1. The Labute approximate surface area is 91.0 Å². The molecule has 1 N–H and O–H groups in total. The summed E-state index contributed by atoms with van der Waals surface area (Å²) in [5, 5.41) is 3.20. The minimum atomic E-state index is 0.135. The van der Waals surface area contributed by atoms with Crippen molar-refractivity contribution in [1.82, 2.24) is 5.32 Å². The second kappa shape index (κ2) is 6.14. The van der Waals surface area contributed by atoms with E-state index in [1.807, 2.05) is 25.1 Å². The van der Waals surface area contributed by atoms with Gasteiger partial charge in [-0.05, 0) is 5.56 Å². The number of carbonyl (C=O) groups excluding carboxylic acids is 1. The first-order valence-corrected chi connectivity index (χ1v) is 5.19. The van der Waals surface area contributed by atoms with Gasteiger partial charge in [-0.25, -0.2) is 0 Å². The standard InChI is InChI=1S/C13H17NO/c1-3-13(15)11(2)9-14-10-12-7-5-4-6-8-12/h4-8,14H,2-3,9-10H2,1H3. The van der Waals surface area contributed by atoms with Crippen LogP contribution in [0.5, 0.6) is 0 Å². The molecule has 2 heteroatoms. The number of hydrogen-bond acceptors (Lipinski definition) is 2. The molecule has 0 unspecified atom stereocenters. The molecule has 0 aliphatic rings. The zero-order valence-electron chi connectivity index (χ0n) is 9.12. The van der Waals surface area contributed by atoms with Gasteiger partial charge in [-0.2, -0.15) is 0 Å². The van der Waals surface area contributed by atoms with Crippen molar-refractivity contribution in [3.8, 4) is 0 Å². The molecule has 2 nitrogen and oxygen atoms in total. The molecule has 1 rings (SSSR count). The molecule has 0 aliphatic heterocycles. The fraction of sp³-hybridized carbons (Fsp3) is 0.308. The monoisotopic (exact) mass is 203 g/mol. The predicted octanol–water partition coefficient (Wildman–Crippen LogP) is 2.31. The van der Waals surface area contributed by atoms with Gasteiger partial charge in [0.05, 0.1) is 0 Å². The van der Waals surface area contributed by atoms with Crippen LogP contribution in [0.4, 0.5) is 0 Å². The minimum absolute atomic E-state index is 0.135. The Kier molecular flexibility index (Phi) is 4.78. The molecule has 0 bridgehead atoms. The molecule has 0 amide bonds. The third-order valence-electron chi connectivity index (χ3n) is 2.23. The summed E-state index contributed by atoms with van der Waals surface area (Å²) in [6, 6.07) is 10.1. The lowest BCUT2D eigenvalue weighted by atomic mass is 10.1. The lowest BCUT2D eigenvalue weighted by Crippen LogP contribution is -2.19. The smallest absolute Gasteiger partial charge is 0.159 e. The van der Waals surface area contributed by atoms with Crippen molar-refractivity contribution in [2.45, 2.75) is 19.9 Å². The number of ketones is 1. The molecular formula is C13H17NO. The second-order valence-electron chi connectivity index (χ2n) is 3.47. The molecule has 0 spiro atoms. The fourth-order valence-electron chi connectivity index (χ4n) is 1.30. The van der Waals surface area contributed by atoms with E-state index in [1.54, 1.807) is 0 Å². The maximum atomic E-state index is 11.2. The quantitative estimate of drug-likeness (QED) is 0.719. The Hall–Kier alpha value is -1.41. The minimum Gasteiger partial charge on any atom is -0.309 e. The fourth-order valence-corrected chi connectivity index (χ4v) is 1.30. The van der Waals surface area contributed by atoms with E-state index >= 15 is 0 Å². The Morgan fingerprint density at radius 3 is 2.60 bits per heavy atom. The van der Waals surface area contributed by atoms with E-state index in [2.05, 4.69) is 24.0 Å². The summed E-state index contributed by atoms with van der Waals surface area (Å²) in [5.74, 6) is 0.135. The maximum Gasteiger partial charge on any atom is 0.159 e. The lowest BCUT2D eigenvalue weighted by Gasteiger charge is -2.05. The largest absolute Gasteiger partial charge is 0.309 e. The van der Waals surface area contributed by atoms with Gasteiger partial charge in [0.2, 0.25) is 0 Å². The van der Waals surface area contributed by atoms with Crippen LogP contribution in [0.15, 0.2) is 42.5 Å². The van der Waals surface area contributed by atoms with Crippen molar-refractivity contribution in [3.05, 3.63) is 48.0 Å². The summed E-state index contributed by atoms with van der Waals surface area (Å²) in [6.45, 7) is 6.94. The molecule has 0 aromatic heterocycles. The van der Waals surface area contributed by atoms with Gasteiger partial charge in [-0.1, -0.05) is 43.8 Å². The molecule has 1 aromatic rings. The van der Waals surface area contributed by atoms with Gasteiger partial charge in [0.25, 0.3) is 0 Å². The Bertz CT molecular complexity index is 330. The van der Waals surface area contributed by atoms with Crippen molar-refractivity contribution < 1.29 is 4.79 Å². The van der Waals surface area contributed by atoms with E-state index in [0.717, 1.165) is 6.54 Å². The number of Topliss-reactive ketones (excluding diaryl/α,β-unsaturated/α-hetero) is 1. The van der Waals surface area contributed by atoms with Gasteiger partial charge < -0.3 is 5.32 Å². The van der Waals surface area contributed by atoms with E-state index in [9.17, 15) is 4.79 Å². The van der Waals surface area contributed by atoms with Crippen molar-refractivity contribution in [2.24, 2.45) is 0 Å².